The van der Waals surface area contributed by atoms with Gasteiger partial charge in [-0.1, -0.05) is 26.2 Å². The summed E-state index contributed by atoms with van der Waals surface area (Å²) in [6.45, 7) is 8.42. The topological polar surface area (TPSA) is 85.9 Å². The summed E-state index contributed by atoms with van der Waals surface area (Å²) in [5, 5.41) is 5.90. The number of carbonyl (C=O) groups excluding carboxylic acids is 2. The maximum Gasteiger partial charge on any atom is 0.317 e. The fourth-order valence-electron chi connectivity index (χ4n) is 5.38. The zero-order valence-corrected chi connectivity index (χ0v) is 20.7. The van der Waals surface area contributed by atoms with E-state index in [4.69, 9.17) is 4.84 Å². The van der Waals surface area contributed by atoms with Crippen LogP contribution in [0.4, 0.5) is 9.18 Å². The van der Waals surface area contributed by atoms with E-state index in [0.717, 1.165) is 45.4 Å². The van der Waals surface area contributed by atoms with Crippen LogP contribution < -0.4 is 16.1 Å². The standard InChI is InChI=1S/C16H27FN2O2.C8H17N3O/c1-10-7-8-13(17)12-9-14(19-21-15(10)12)16(20)18-11-5-3-2-4-6-11;1-3-9-8(12)11-6-4-10(2)5-7-11/h10-15,19H,2-9H2,1H3,(H,18,20);3-7H2,1-2H3,(H,9,12). The number of carbonyl (C=O) groups is 2. The molecule has 5 unspecified atom stereocenters. The van der Waals surface area contributed by atoms with Crippen LogP contribution in [0.3, 0.4) is 0 Å². The fourth-order valence-corrected chi connectivity index (χ4v) is 5.38. The molecular weight excluding hydrogens is 425 g/mol. The number of rotatable bonds is 3. The maximum atomic E-state index is 14.1. The van der Waals surface area contributed by atoms with Gasteiger partial charge in [0.05, 0.1) is 6.10 Å². The predicted octanol–water partition coefficient (Wildman–Crippen LogP) is 2.44. The molecule has 0 aromatic heterocycles. The normalized spacial score (nSPS) is 33.3. The Hall–Kier alpha value is -1.45. The van der Waals surface area contributed by atoms with E-state index in [1.807, 2.05) is 11.8 Å². The summed E-state index contributed by atoms with van der Waals surface area (Å²) in [7, 11) is 2.08. The van der Waals surface area contributed by atoms with E-state index in [-0.39, 0.29) is 30.0 Å². The van der Waals surface area contributed by atoms with Gasteiger partial charge < -0.3 is 20.4 Å². The Morgan fingerprint density at radius 2 is 1.76 bits per heavy atom. The molecule has 4 rings (SSSR count). The van der Waals surface area contributed by atoms with Crippen molar-refractivity contribution in [2.45, 2.75) is 89.6 Å². The average Bonchev–Trinajstić information content (AvgIpc) is 2.83. The molecule has 0 spiro atoms. The van der Waals surface area contributed by atoms with E-state index >= 15 is 0 Å². The Labute approximate surface area is 198 Å². The highest BCUT2D eigenvalue weighted by Gasteiger charge is 2.44. The molecule has 4 fully saturated rings. The van der Waals surface area contributed by atoms with Gasteiger partial charge in [0.15, 0.2) is 0 Å². The Balaban J connectivity index is 0.000000218. The zero-order valence-electron chi connectivity index (χ0n) is 20.7. The summed E-state index contributed by atoms with van der Waals surface area (Å²) in [6, 6.07) is -0.0421. The number of nitrogens with one attached hydrogen (secondary N) is 3. The number of fused-ring (bicyclic) bond motifs is 1. The van der Waals surface area contributed by atoms with Gasteiger partial charge >= 0.3 is 6.03 Å². The summed E-state index contributed by atoms with van der Waals surface area (Å²) in [6.07, 6.45) is 6.86. The third kappa shape index (κ3) is 7.52. The number of amides is 3. The van der Waals surface area contributed by atoms with Gasteiger partial charge in [-0.2, -0.15) is 5.48 Å². The first-order valence-corrected chi connectivity index (χ1v) is 13.0. The Bertz CT molecular complexity index is 625. The lowest BCUT2D eigenvalue weighted by Gasteiger charge is -2.43. The van der Waals surface area contributed by atoms with Gasteiger partial charge in [0.2, 0.25) is 5.91 Å². The van der Waals surface area contributed by atoms with Gasteiger partial charge in [-0.3, -0.25) is 9.63 Å². The lowest BCUT2D eigenvalue weighted by molar-refractivity contribution is -0.172. The summed E-state index contributed by atoms with van der Waals surface area (Å²) < 4.78 is 14.1. The van der Waals surface area contributed by atoms with Crippen molar-refractivity contribution in [3.8, 4) is 0 Å². The molecule has 0 aromatic rings. The molecule has 3 N–H and O–H groups in total. The predicted molar refractivity (Wildman–Crippen MR) is 126 cm³/mol. The van der Waals surface area contributed by atoms with Gasteiger partial charge in [0, 0.05) is 44.7 Å². The highest BCUT2D eigenvalue weighted by atomic mass is 19.1. The minimum Gasteiger partial charge on any atom is -0.352 e. The van der Waals surface area contributed by atoms with Gasteiger partial charge in [-0.15, -0.1) is 0 Å². The van der Waals surface area contributed by atoms with Crippen LogP contribution in [0.1, 0.15) is 65.2 Å². The van der Waals surface area contributed by atoms with Crippen molar-refractivity contribution in [3.05, 3.63) is 0 Å². The Kier molecular flexibility index (Phi) is 10.2. The SMILES string of the molecule is CC1CCC(F)C2CC(C(=O)NC3CCCCC3)NOC12.CCNC(=O)N1CCN(C)CC1. The third-order valence-electron chi connectivity index (χ3n) is 7.59. The first-order valence-electron chi connectivity index (χ1n) is 13.0. The van der Waals surface area contributed by atoms with E-state index in [9.17, 15) is 14.0 Å². The molecule has 2 aliphatic carbocycles. The van der Waals surface area contributed by atoms with Crippen LogP contribution in [0.25, 0.3) is 0 Å². The molecule has 2 saturated heterocycles. The van der Waals surface area contributed by atoms with Crippen LogP contribution in [-0.2, 0) is 9.63 Å². The van der Waals surface area contributed by atoms with Gasteiger partial charge in [-0.05, 0) is 52.0 Å². The summed E-state index contributed by atoms with van der Waals surface area (Å²) >= 11 is 0. The van der Waals surface area contributed by atoms with Crippen molar-refractivity contribution in [1.29, 1.82) is 0 Å². The van der Waals surface area contributed by atoms with Crippen LogP contribution in [0, 0.1) is 11.8 Å². The van der Waals surface area contributed by atoms with Gasteiger partial charge in [0.25, 0.3) is 0 Å². The first kappa shape index (κ1) is 26.2. The first-order chi connectivity index (χ1) is 15.9. The van der Waals surface area contributed by atoms with Crippen molar-refractivity contribution in [1.82, 2.24) is 25.9 Å². The molecule has 3 amide bonds. The number of hydroxylamine groups is 1. The number of hydrogen-bond acceptors (Lipinski definition) is 5. The van der Waals surface area contributed by atoms with Crippen LogP contribution in [0.5, 0.6) is 0 Å². The second-order valence-corrected chi connectivity index (χ2v) is 10.2. The fraction of sp³-hybridized carbons (Fsp3) is 0.917. The number of piperazine rings is 1. The quantitative estimate of drug-likeness (QED) is 0.591. The van der Waals surface area contributed by atoms with Crippen LogP contribution >= 0.6 is 0 Å². The molecule has 2 aliphatic heterocycles. The van der Waals surface area contributed by atoms with E-state index < -0.39 is 12.2 Å². The number of halogens is 1. The molecule has 190 valence electrons. The van der Waals surface area contributed by atoms with Crippen molar-refractivity contribution in [2.24, 2.45) is 11.8 Å². The molecule has 4 aliphatic rings. The monoisotopic (exact) mass is 469 g/mol. The number of nitrogens with zero attached hydrogens (tertiary/aromatic N) is 2. The van der Waals surface area contributed by atoms with E-state index in [0.29, 0.717) is 25.3 Å². The van der Waals surface area contributed by atoms with Crippen LogP contribution in [0.15, 0.2) is 0 Å². The summed E-state index contributed by atoms with van der Waals surface area (Å²) in [4.78, 5) is 33.4. The van der Waals surface area contributed by atoms with E-state index in [2.05, 4.69) is 35.0 Å². The minimum absolute atomic E-state index is 0.0224. The zero-order chi connectivity index (χ0) is 23.8. The molecule has 0 radical (unpaired) electrons. The lowest BCUT2D eigenvalue weighted by Crippen LogP contribution is -2.58. The third-order valence-corrected chi connectivity index (χ3v) is 7.59. The second-order valence-electron chi connectivity index (χ2n) is 10.2. The van der Waals surface area contributed by atoms with Crippen molar-refractivity contribution in [2.75, 3.05) is 39.8 Å². The lowest BCUT2D eigenvalue weighted by atomic mass is 9.75. The molecular formula is C24H44FN5O3. The molecule has 8 nitrogen and oxygen atoms in total. The van der Waals surface area contributed by atoms with E-state index in [1.54, 1.807) is 0 Å². The molecule has 0 aromatic carbocycles. The van der Waals surface area contributed by atoms with Gasteiger partial charge in [-0.25, -0.2) is 9.18 Å². The Morgan fingerprint density at radius 3 is 2.42 bits per heavy atom. The molecule has 0 bridgehead atoms. The largest absolute Gasteiger partial charge is 0.352 e. The van der Waals surface area contributed by atoms with Crippen molar-refractivity contribution in [3.63, 3.8) is 0 Å². The van der Waals surface area contributed by atoms with Crippen molar-refractivity contribution < 1.29 is 18.8 Å². The second kappa shape index (κ2) is 12.9. The highest BCUT2D eigenvalue weighted by Crippen LogP contribution is 2.38. The number of likely N-dealkylation sites (N-methyl/N-ethyl adjacent to an activating group) is 1. The summed E-state index contributed by atoms with van der Waals surface area (Å²) in [5.74, 6) is 0.194. The van der Waals surface area contributed by atoms with Crippen molar-refractivity contribution >= 4 is 11.9 Å². The highest BCUT2D eigenvalue weighted by molar-refractivity contribution is 5.82. The Morgan fingerprint density at radius 1 is 1.06 bits per heavy atom. The summed E-state index contributed by atoms with van der Waals surface area (Å²) in [5.41, 5.74) is 2.88. The molecule has 2 saturated carbocycles. The number of urea groups is 1. The van der Waals surface area contributed by atoms with E-state index in [1.165, 1.54) is 19.3 Å². The smallest absolute Gasteiger partial charge is 0.317 e. The molecule has 33 heavy (non-hydrogen) atoms. The minimum atomic E-state index is -0.835. The van der Waals surface area contributed by atoms with Gasteiger partial charge in [0.1, 0.15) is 12.2 Å². The van der Waals surface area contributed by atoms with Crippen LogP contribution in [0.2, 0.25) is 0 Å². The molecule has 5 atom stereocenters. The molecule has 2 heterocycles. The average molecular weight is 470 g/mol. The molecule has 9 heteroatoms. The maximum absolute atomic E-state index is 14.1. The number of alkyl halides is 1. The number of hydrogen-bond donors (Lipinski definition) is 3. The van der Waals surface area contributed by atoms with Crippen LogP contribution in [-0.4, -0.2) is 85.9 Å².